The third kappa shape index (κ3) is 7.61. The van der Waals surface area contributed by atoms with Crippen LogP contribution in [0.5, 0.6) is 0 Å². The lowest BCUT2D eigenvalue weighted by atomic mass is 10.0. The van der Waals surface area contributed by atoms with E-state index in [1.165, 1.54) is 11.2 Å². The van der Waals surface area contributed by atoms with Gasteiger partial charge in [0, 0.05) is 31.3 Å². The Labute approximate surface area is 212 Å². The average molecular weight is 515 g/mol. The second-order valence-electron chi connectivity index (χ2n) is 8.83. The van der Waals surface area contributed by atoms with Crippen molar-refractivity contribution in [3.63, 3.8) is 0 Å². The molecule has 3 amide bonds. The summed E-state index contributed by atoms with van der Waals surface area (Å²) in [5.74, 6) is -4.72. The van der Waals surface area contributed by atoms with Crippen LogP contribution in [0, 0.1) is 0 Å². The number of likely N-dealkylation sites (tertiary alicyclic amines) is 1. The number of carbonyl (C=O) groups excluding carboxylic acids is 3. The van der Waals surface area contributed by atoms with Crippen molar-refractivity contribution in [1.82, 2.24) is 25.5 Å². The van der Waals surface area contributed by atoms with E-state index in [0.29, 0.717) is 12.1 Å². The van der Waals surface area contributed by atoms with Crippen LogP contribution >= 0.6 is 0 Å². The van der Waals surface area contributed by atoms with E-state index in [9.17, 15) is 29.1 Å². The molecule has 37 heavy (non-hydrogen) atoms. The number of hydrogen-bond donors (Lipinski definition) is 6. The first-order chi connectivity index (χ1) is 17.7. The highest BCUT2D eigenvalue weighted by atomic mass is 16.4. The molecular weight excluding hydrogens is 484 g/mol. The van der Waals surface area contributed by atoms with Gasteiger partial charge in [-0.15, -0.1) is 0 Å². The molecule has 198 valence electrons. The highest BCUT2D eigenvalue weighted by molar-refractivity contribution is 5.95. The molecule has 1 saturated heterocycles. The Morgan fingerprint density at radius 2 is 1.81 bits per heavy atom. The number of amides is 3. The number of rotatable bonds is 12. The SMILES string of the molecule is NC(Cc1cnc[nH]1)C(=O)NC(Cc1ccccc1)C(=O)N1CCCC1C(=O)NC(CC(=O)O)C(=O)O. The van der Waals surface area contributed by atoms with Gasteiger partial charge in [0.25, 0.3) is 0 Å². The van der Waals surface area contributed by atoms with E-state index in [1.54, 1.807) is 30.5 Å². The number of aliphatic carboxylic acids is 2. The fraction of sp³-hybridized carbons (Fsp3) is 0.417. The van der Waals surface area contributed by atoms with Gasteiger partial charge in [0.15, 0.2) is 0 Å². The normalized spacial score (nSPS) is 17.4. The molecular formula is C24H30N6O7. The van der Waals surface area contributed by atoms with E-state index < -0.39 is 60.2 Å². The summed E-state index contributed by atoms with van der Waals surface area (Å²) in [6.45, 7) is 0.217. The molecule has 2 aromatic rings. The van der Waals surface area contributed by atoms with Gasteiger partial charge in [-0.2, -0.15) is 0 Å². The minimum atomic E-state index is -1.64. The summed E-state index contributed by atoms with van der Waals surface area (Å²) in [4.78, 5) is 69.8. The number of benzene rings is 1. The van der Waals surface area contributed by atoms with E-state index in [0.717, 1.165) is 5.56 Å². The quantitative estimate of drug-likeness (QED) is 0.206. The monoisotopic (exact) mass is 514 g/mol. The number of hydrogen-bond acceptors (Lipinski definition) is 7. The molecule has 0 radical (unpaired) electrons. The lowest BCUT2D eigenvalue weighted by Gasteiger charge is -2.30. The Hall–Kier alpha value is -4.26. The number of nitrogens with one attached hydrogen (secondary N) is 3. The highest BCUT2D eigenvalue weighted by Crippen LogP contribution is 2.20. The predicted octanol–water partition coefficient (Wildman–Crippen LogP) is -0.958. The van der Waals surface area contributed by atoms with Gasteiger partial charge in [-0.3, -0.25) is 19.2 Å². The lowest BCUT2D eigenvalue weighted by Crippen LogP contribution is -2.57. The van der Waals surface area contributed by atoms with Gasteiger partial charge in [0.2, 0.25) is 17.7 Å². The summed E-state index contributed by atoms with van der Waals surface area (Å²) in [5.41, 5.74) is 7.48. The number of carbonyl (C=O) groups is 5. The van der Waals surface area contributed by atoms with Crippen LogP contribution in [0.15, 0.2) is 42.9 Å². The molecule has 0 spiro atoms. The molecule has 1 aromatic carbocycles. The maximum Gasteiger partial charge on any atom is 0.326 e. The standard InChI is InChI=1S/C24H30N6O7/c25-16(10-15-12-26-13-27-15)21(33)28-17(9-14-5-2-1-3-6-14)23(35)30-8-4-7-19(30)22(34)29-18(24(36)37)11-20(31)32/h1-3,5-6,12-13,16-19H,4,7-11,25H2,(H,26,27)(H,28,33)(H,29,34)(H,31,32)(H,36,37). The van der Waals surface area contributed by atoms with Gasteiger partial charge in [0.05, 0.1) is 18.8 Å². The largest absolute Gasteiger partial charge is 0.481 e. The molecule has 4 unspecified atom stereocenters. The Morgan fingerprint density at radius 3 is 2.43 bits per heavy atom. The molecule has 1 aliphatic heterocycles. The van der Waals surface area contributed by atoms with Gasteiger partial charge in [-0.25, -0.2) is 9.78 Å². The molecule has 0 aliphatic carbocycles. The number of aromatic nitrogens is 2. The molecule has 0 saturated carbocycles. The lowest BCUT2D eigenvalue weighted by molar-refractivity contribution is -0.148. The summed E-state index contributed by atoms with van der Waals surface area (Å²) in [7, 11) is 0. The van der Waals surface area contributed by atoms with Crippen LogP contribution in [-0.4, -0.2) is 85.5 Å². The van der Waals surface area contributed by atoms with Gasteiger partial charge in [-0.05, 0) is 18.4 Å². The topological polar surface area (TPSA) is 208 Å². The minimum absolute atomic E-state index is 0.143. The summed E-state index contributed by atoms with van der Waals surface area (Å²) < 4.78 is 0. The van der Waals surface area contributed by atoms with Crippen LogP contribution in [0.3, 0.4) is 0 Å². The van der Waals surface area contributed by atoms with Crippen molar-refractivity contribution >= 4 is 29.7 Å². The first-order valence-electron chi connectivity index (χ1n) is 11.8. The Kier molecular flexibility index (Phi) is 9.33. The second kappa shape index (κ2) is 12.6. The summed E-state index contributed by atoms with van der Waals surface area (Å²) in [6.07, 6.45) is 3.27. The number of carboxylic acid groups (broad SMARTS) is 2. The molecule has 13 heteroatoms. The van der Waals surface area contributed by atoms with Crippen LogP contribution in [-0.2, 0) is 36.8 Å². The van der Waals surface area contributed by atoms with Gasteiger partial charge in [0.1, 0.15) is 18.1 Å². The van der Waals surface area contributed by atoms with Crippen LogP contribution < -0.4 is 16.4 Å². The fourth-order valence-electron chi connectivity index (χ4n) is 4.20. The third-order valence-corrected chi connectivity index (χ3v) is 6.06. The Bertz CT molecular complexity index is 1110. The number of carboxylic acids is 2. The van der Waals surface area contributed by atoms with Crippen molar-refractivity contribution in [3.05, 3.63) is 54.1 Å². The number of imidazole rings is 1. The maximum absolute atomic E-state index is 13.6. The van der Waals surface area contributed by atoms with Crippen molar-refractivity contribution in [2.45, 2.75) is 56.3 Å². The van der Waals surface area contributed by atoms with E-state index in [-0.39, 0.29) is 25.8 Å². The highest BCUT2D eigenvalue weighted by Gasteiger charge is 2.39. The number of nitrogens with two attached hydrogens (primary N) is 1. The zero-order valence-corrected chi connectivity index (χ0v) is 20.0. The molecule has 7 N–H and O–H groups in total. The zero-order chi connectivity index (χ0) is 26.9. The molecule has 1 aliphatic rings. The Morgan fingerprint density at radius 1 is 1.08 bits per heavy atom. The zero-order valence-electron chi connectivity index (χ0n) is 20.0. The van der Waals surface area contributed by atoms with Crippen LogP contribution in [0.1, 0.15) is 30.5 Å². The van der Waals surface area contributed by atoms with Crippen LogP contribution in [0.4, 0.5) is 0 Å². The average Bonchev–Trinajstić information content (AvgIpc) is 3.55. The first kappa shape index (κ1) is 27.3. The van der Waals surface area contributed by atoms with Crippen molar-refractivity contribution in [2.75, 3.05) is 6.54 Å². The summed E-state index contributed by atoms with van der Waals surface area (Å²) in [6, 6.07) is 4.37. The molecule has 0 bridgehead atoms. The summed E-state index contributed by atoms with van der Waals surface area (Å²) in [5, 5.41) is 23.1. The molecule has 3 rings (SSSR count). The van der Waals surface area contributed by atoms with E-state index >= 15 is 0 Å². The van der Waals surface area contributed by atoms with Crippen LogP contribution in [0.2, 0.25) is 0 Å². The Balaban J connectivity index is 1.75. The van der Waals surface area contributed by atoms with E-state index in [4.69, 9.17) is 10.8 Å². The van der Waals surface area contributed by atoms with Crippen molar-refractivity contribution < 1.29 is 34.2 Å². The van der Waals surface area contributed by atoms with Crippen molar-refractivity contribution in [3.8, 4) is 0 Å². The third-order valence-electron chi connectivity index (χ3n) is 6.06. The smallest absolute Gasteiger partial charge is 0.326 e. The molecule has 4 atom stereocenters. The minimum Gasteiger partial charge on any atom is -0.481 e. The molecule has 13 nitrogen and oxygen atoms in total. The van der Waals surface area contributed by atoms with E-state index in [2.05, 4.69) is 20.6 Å². The fourth-order valence-corrected chi connectivity index (χ4v) is 4.20. The van der Waals surface area contributed by atoms with Gasteiger partial charge < -0.3 is 36.5 Å². The van der Waals surface area contributed by atoms with Crippen LogP contribution in [0.25, 0.3) is 0 Å². The molecule has 1 aromatic heterocycles. The molecule has 1 fully saturated rings. The van der Waals surface area contributed by atoms with Crippen molar-refractivity contribution in [2.24, 2.45) is 5.73 Å². The number of aromatic amines is 1. The second-order valence-corrected chi connectivity index (χ2v) is 8.83. The number of H-pyrrole nitrogens is 1. The van der Waals surface area contributed by atoms with Crippen molar-refractivity contribution in [1.29, 1.82) is 0 Å². The van der Waals surface area contributed by atoms with Gasteiger partial charge >= 0.3 is 11.9 Å². The van der Waals surface area contributed by atoms with E-state index in [1.807, 2.05) is 6.07 Å². The van der Waals surface area contributed by atoms with Gasteiger partial charge in [-0.1, -0.05) is 30.3 Å². The molecule has 2 heterocycles. The number of nitrogens with zero attached hydrogens (tertiary/aromatic N) is 2. The maximum atomic E-state index is 13.6. The first-order valence-corrected chi connectivity index (χ1v) is 11.8. The summed E-state index contributed by atoms with van der Waals surface area (Å²) >= 11 is 0. The predicted molar refractivity (Wildman–Crippen MR) is 129 cm³/mol.